The predicted octanol–water partition coefficient (Wildman–Crippen LogP) is 3.59. The van der Waals surface area contributed by atoms with Gasteiger partial charge in [0.25, 0.3) is 0 Å². The van der Waals surface area contributed by atoms with Crippen molar-refractivity contribution in [3.8, 4) is 0 Å². The van der Waals surface area contributed by atoms with Crippen molar-refractivity contribution in [1.82, 2.24) is 5.32 Å². The van der Waals surface area contributed by atoms with Crippen LogP contribution in [0.2, 0.25) is 0 Å². The summed E-state index contributed by atoms with van der Waals surface area (Å²) >= 11 is 0. The van der Waals surface area contributed by atoms with Crippen molar-refractivity contribution in [3.63, 3.8) is 0 Å². The van der Waals surface area contributed by atoms with Gasteiger partial charge in [0.2, 0.25) is 0 Å². The van der Waals surface area contributed by atoms with Crippen LogP contribution in [0.4, 0.5) is 0 Å². The molecule has 2 saturated carbocycles. The third-order valence-electron chi connectivity index (χ3n) is 8.89. The van der Waals surface area contributed by atoms with Crippen LogP contribution in [0.3, 0.4) is 0 Å². The molecule has 6 rings (SSSR count). The molecule has 0 aromatic rings. The second-order valence-corrected chi connectivity index (χ2v) is 11.0. The first kappa shape index (κ1) is 19.5. The Kier molecular flexibility index (Phi) is 5.20. The van der Waals surface area contributed by atoms with Gasteiger partial charge in [0, 0.05) is 11.6 Å². The minimum atomic E-state index is 0.172. The summed E-state index contributed by atoms with van der Waals surface area (Å²) in [6.45, 7) is 3.85. The van der Waals surface area contributed by atoms with Gasteiger partial charge in [-0.15, -0.1) is 0 Å². The molecule has 2 aliphatic carbocycles. The third-order valence-corrected chi connectivity index (χ3v) is 8.89. The third kappa shape index (κ3) is 4.27. The number of rotatable bonds is 10. The van der Waals surface area contributed by atoms with Crippen LogP contribution in [0.1, 0.15) is 77.0 Å². The van der Waals surface area contributed by atoms with Crippen molar-refractivity contribution < 1.29 is 18.9 Å². The number of ether oxygens (including phenoxy) is 4. The molecule has 6 atom stereocenters. The molecule has 29 heavy (non-hydrogen) atoms. The van der Waals surface area contributed by atoms with Crippen molar-refractivity contribution in [1.29, 1.82) is 0 Å². The number of nitrogens with one attached hydrogen (secondary N) is 1. The first-order valence-electron chi connectivity index (χ1n) is 12.5. The molecule has 0 amide bonds. The Morgan fingerprint density at radius 2 is 1.24 bits per heavy atom. The highest BCUT2D eigenvalue weighted by atomic mass is 16.6. The minimum Gasteiger partial charge on any atom is -0.373 e. The lowest BCUT2D eigenvalue weighted by atomic mass is 9.49. The van der Waals surface area contributed by atoms with Crippen molar-refractivity contribution in [3.05, 3.63) is 0 Å². The summed E-state index contributed by atoms with van der Waals surface area (Å²) in [5.41, 5.74) is 0.425. The van der Waals surface area contributed by atoms with Gasteiger partial charge in [-0.1, -0.05) is 25.7 Å². The van der Waals surface area contributed by atoms with Gasteiger partial charge >= 0.3 is 0 Å². The molecule has 6 fully saturated rings. The zero-order valence-corrected chi connectivity index (χ0v) is 17.9. The fourth-order valence-electron chi connectivity index (χ4n) is 7.22. The second-order valence-electron chi connectivity index (χ2n) is 11.0. The molecule has 0 bridgehead atoms. The summed E-state index contributed by atoms with van der Waals surface area (Å²) in [4.78, 5) is 0. The summed E-state index contributed by atoms with van der Waals surface area (Å²) in [5.74, 6) is 0.715. The molecule has 4 heterocycles. The SMILES string of the molecule is C1CCC(NC2(CC3CO3)CCCC(CC3CO3)C2(CC2CO2)CC2CO2)CC1. The van der Waals surface area contributed by atoms with Crippen molar-refractivity contribution >= 4 is 0 Å². The van der Waals surface area contributed by atoms with Crippen molar-refractivity contribution in [2.45, 2.75) is 113 Å². The molecule has 1 N–H and O–H groups in total. The maximum atomic E-state index is 5.88. The van der Waals surface area contributed by atoms with Crippen LogP contribution in [-0.4, -0.2) is 62.4 Å². The summed E-state index contributed by atoms with van der Waals surface area (Å²) < 4.78 is 23.4. The summed E-state index contributed by atoms with van der Waals surface area (Å²) in [7, 11) is 0. The summed E-state index contributed by atoms with van der Waals surface area (Å²) in [6, 6.07) is 0.679. The van der Waals surface area contributed by atoms with E-state index in [1.165, 1.54) is 77.0 Å². The Labute approximate surface area is 175 Å². The van der Waals surface area contributed by atoms with Crippen LogP contribution in [0.5, 0.6) is 0 Å². The van der Waals surface area contributed by atoms with Gasteiger partial charge in [0.1, 0.15) is 0 Å². The Balaban J connectivity index is 1.36. The standard InChI is InChI=1S/C24H39NO4/c1-2-6-18(7-3-1)25-24(12-22-16-29-22)8-4-5-17(9-19-13-26-19)23(24,10-20-14-27-20)11-21-15-28-21/h17-22,25H,1-16H2. The lowest BCUT2D eigenvalue weighted by molar-refractivity contribution is -0.0713. The number of hydrogen-bond donors (Lipinski definition) is 1. The van der Waals surface area contributed by atoms with Gasteiger partial charge in [0.05, 0.1) is 50.8 Å². The van der Waals surface area contributed by atoms with E-state index in [1.807, 2.05) is 0 Å². The highest BCUT2D eigenvalue weighted by Gasteiger charge is 2.62. The largest absolute Gasteiger partial charge is 0.373 e. The topological polar surface area (TPSA) is 62.1 Å². The minimum absolute atomic E-state index is 0.172. The number of epoxide rings is 4. The molecule has 5 nitrogen and oxygen atoms in total. The van der Waals surface area contributed by atoms with E-state index in [1.54, 1.807) is 0 Å². The van der Waals surface area contributed by atoms with E-state index in [0.29, 0.717) is 36.4 Å². The smallest absolute Gasteiger partial charge is 0.0827 e. The molecule has 0 spiro atoms. The lowest BCUT2D eigenvalue weighted by Gasteiger charge is -2.60. The maximum Gasteiger partial charge on any atom is 0.0827 e. The summed E-state index contributed by atoms with van der Waals surface area (Å²) in [6.07, 6.45) is 17.6. The Morgan fingerprint density at radius 3 is 1.83 bits per heavy atom. The monoisotopic (exact) mass is 405 g/mol. The van der Waals surface area contributed by atoms with E-state index in [0.717, 1.165) is 26.4 Å². The predicted molar refractivity (Wildman–Crippen MR) is 110 cm³/mol. The van der Waals surface area contributed by atoms with E-state index >= 15 is 0 Å². The van der Waals surface area contributed by atoms with Gasteiger partial charge in [-0.3, -0.25) is 0 Å². The van der Waals surface area contributed by atoms with E-state index in [2.05, 4.69) is 5.32 Å². The molecular formula is C24H39NO4. The van der Waals surface area contributed by atoms with Crippen LogP contribution < -0.4 is 5.32 Å². The lowest BCUT2D eigenvalue weighted by Crippen LogP contribution is -2.67. The van der Waals surface area contributed by atoms with Gasteiger partial charge in [-0.05, 0) is 62.7 Å². The second kappa shape index (κ2) is 7.74. The molecule has 4 saturated heterocycles. The van der Waals surface area contributed by atoms with E-state index < -0.39 is 0 Å². The first-order chi connectivity index (χ1) is 14.2. The van der Waals surface area contributed by atoms with E-state index in [-0.39, 0.29) is 11.0 Å². The maximum absolute atomic E-state index is 5.88. The van der Waals surface area contributed by atoms with Gasteiger partial charge in [-0.25, -0.2) is 0 Å². The Hall–Kier alpha value is -0.200. The van der Waals surface area contributed by atoms with Crippen LogP contribution in [0.25, 0.3) is 0 Å². The van der Waals surface area contributed by atoms with Crippen LogP contribution in [-0.2, 0) is 18.9 Å². The molecular weight excluding hydrogens is 366 g/mol. The fraction of sp³-hybridized carbons (Fsp3) is 1.00. The normalized spacial score (nSPS) is 49.0. The van der Waals surface area contributed by atoms with Gasteiger partial charge in [0.15, 0.2) is 0 Å². The van der Waals surface area contributed by atoms with E-state index in [9.17, 15) is 0 Å². The molecule has 4 aliphatic heterocycles. The Morgan fingerprint density at radius 1 is 0.655 bits per heavy atom. The molecule has 0 aromatic carbocycles. The highest BCUT2D eigenvalue weighted by Crippen LogP contribution is 2.60. The van der Waals surface area contributed by atoms with Crippen LogP contribution >= 0.6 is 0 Å². The van der Waals surface area contributed by atoms with Crippen molar-refractivity contribution in [2.24, 2.45) is 11.3 Å². The molecule has 0 radical (unpaired) electrons. The molecule has 164 valence electrons. The summed E-state index contributed by atoms with van der Waals surface area (Å²) in [5, 5.41) is 4.39. The molecule has 6 aliphatic rings. The first-order valence-corrected chi connectivity index (χ1v) is 12.5. The molecule has 0 aromatic heterocycles. The van der Waals surface area contributed by atoms with Gasteiger partial charge in [-0.2, -0.15) is 0 Å². The average molecular weight is 406 g/mol. The molecule has 5 heteroatoms. The van der Waals surface area contributed by atoms with E-state index in [4.69, 9.17) is 18.9 Å². The fourth-order valence-corrected chi connectivity index (χ4v) is 7.22. The quantitative estimate of drug-likeness (QED) is 0.563. The zero-order valence-electron chi connectivity index (χ0n) is 17.9. The zero-order chi connectivity index (χ0) is 19.3. The Bertz CT molecular complexity index is 563. The number of hydrogen-bond acceptors (Lipinski definition) is 5. The average Bonchev–Trinajstić information content (AvgIpc) is 3.50. The van der Waals surface area contributed by atoms with Gasteiger partial charge < -0.3 is 24.3 Å². The van der Waals surface area contributed by atoms with Crippen LogP contribution in [0.15, 0.2) is 0 Å². The van der Waals surface area contributed by atoms with Crippen molar-refractivity contribution in [2.75, 3.05) is 26.4 Å². The highest BCUT2D eigenvalue weighted by molar-refractivity contribution is 5.15. The van der Waals surface area contributed by atoms with Crippen LogP contribution in [0, 0.1) is 11.3 Å². The molecule has 6 unspecified atom stereocenters.